The van der Waals surface area contributed by atoms with Gasteiger partial charge in [0.25, 0.3) is 0 Å². The van der Waals surface area contributed by atoms with Crippen molar-refractivity contribution < 1.29 is 8.83 Å². The molecule has 4 heteroatoms. The van der Waals surface area contributed by atoms with Crippen molar-refractivity contribution in [1.82, 2.24) is 0 Å². The van der Waals surface area contributed by atoms with Crippen molar-refractivity contribution >= 4 is 49.6 Å². The molecule has 0 aliphatic carbocycles. The van der Waals surface area contributed by atoms with Gasteiger partial charge in [0, 0.05) is 16.2 Å². The van der Waals surface area contributed by atoms with E-state index >= 15 is 0 Å². The van der Waals surface area contributed by atoms with Gasteiger partial charge < -0.3 is 8.83 Å². The van der Waals surface area contributed by atoms with E-state index in [2.05, 4.69) is 23.0 Å². The van der Waals surface area contributed by atoms with Crippen LogP contribution in [0.3, 0.4) is 0 Å². The second kappa shape index (κ2) is 7.60. The molecule has 0 atom stereocenters. The van der Waals surface area contributed by atoms with Gasteiger partial charge in [0.15, 0.2) is 5.69 Å². The lowest BCUT2D eigenvalue weighted by Gasteiger charge is -2.02. The zero-order valence-corrected chi connectivity index (χ0v) is 18.9. The summed E-state index contributed by atoms with van der Waals surface area (Å²) in [4.78, 5) is 3.56. The van der Waals surface area contributed by atoms with E-state index in [0.717, 1.165) is 66.1 Å². The summed E-state index contributed by atoms with van der Waals surface area (Å²) in [6.07, 6.45) is 0. The lowest BCUT2D eigenvalue weighted by molar-refractivity contribution is 0.663. The number of hydrogen-bond acceptors (Lipinski definition) is 3. The van der Waals surface area contributed by atoms with Crippen LogP contribution in [0.4, 0.5) is 5.69 Å². The molecule has 0 radical (unpaired) electrons. The summed E-state index contributed by atoms with van der Waals surface area (Å²) in [5, 5.41) is 13.2. The maximum absolute atomic E-state index is 9.29. The molecule has 0 saturated heterocycles. The van der Waals surface area contributed by atoms with E-state index in [1.165, 1.54) is 0 Å². The van der Waals surface area contributed by atoms with Crippen molar-refractivity contribution in [3.05, 3.63) is 114 Å². The van der Waals surface area contributed by atoms with Gasteiger partial charge in [-0.05, 0) is 76.9 Å². The number of rotatable bonds is 2. The third-order valence-electron chi connectivity index (χ3n) is 6.70. The minimum absolute atomic E-state index is 0.612. The van der Waals surface area contributed by atoms with Gasteiger partial charge in [-0.2, -0.15) is 5.26 Å². The van der Waals surface area contributed by atoms with Crippen LogP contribution in [0.15, 0.2) is 106 Å². The maximum Gasteiger partial charge on any atom is 0.187 e. The molecule has 0 aliphatic rings. The minimum atomic E-state index is 0.612. The standard InChI is InChI=1S/C32H16N2O2/c1-34-24-7-3-6-21(15-24)23-9-12-29-27(17-23)31-30(35-29)13-10-25-26-16-22(8-11-28(26)36-32(25)31)20-5-2-4-19(14-20)18-33/h2-17H. The van der Waals surface area contributed by atoms with Crippen LogP contribution in [0.25, 0.3) is 71.0 Å². The first kappa shape index (κ1) is 20.1. The van der Waals surface area contributed by atoms with Crippen molar-refractivity contribution in [2.75, 3.05) is 0 Å². The lowest BCUT2D eigenvalue weighted by Crippen LogP contribution is -1.80. The molecule has 0 unspecified atom stereocenters. The molecule has 0 fully saturated rings. The Kier molecular flexibility index (Phi) is 4.24. The Bertz CT molecular complexity index is 2080. The summed E-state index contributed by atoms with van der Waals surface area (Å²) in [5.41, 5.74) is 8.42. The molecule has 0 saturated carbocycles. The summed E-state index contributed by atoms with van der Waals surface area (Å²) < 4.78 is 12.6. The molecule has 2 aromatic heterocycles. The molecule has 5 aromatic carbocycles. The van der Waals surface area contributed by atoms with Gasteiger partial charge in [-0.25, -0.2) is 4.85 Å². The molecule has 0 bridgehead atoms. The van der Waals surface area contributed by atoms with Gasteiger partial charge in [0.05, 0.1) is 23.6 Å². The Morgan fingerprint density at radius 1 is 0.611 bits per heavy atom. The fourth-order valence-electron chi connectivity index (χ4n) is 4.98. The van der Waals surface area contributed by atoms with Crippen LogP contribution in [-0.4, -0.2) is 0 Å². The molecule has 7 aromatic rings. The summed E-state index contributed by atoms with van der Waals surface area (Å²) in [6.45, 7) is 7.33. The molecule has 166 valence electrons. The van der Waals surface area contributed by atoms with E-state index in [9.17, 15) is 5.26 Å². The van der Waals surface area contributed by atoms with Crippen LogP contribution in [0.5, 0.6) is 0 Å². The fraction of sp³-hybridized carbons (Fsp3) is 0. The van der Waals surface area contributed by atoms with Gasteiger partial charge in [0.1, 0.15) is 22.3 Å². The van der Waals surface area contributed by atoms with Gasteiger partial charge in [-0.1, -0.05) is 42.5 Å². The molecular formula is C32H16N2O2. The summed E-state index contributed by atoms with van der Waals surface area (Å²) in [5.74, 6) is 0. The van der Waals surface area contributed by atoms with Gasteiger partial charge in [0.2, 0.25) is 0 Å². The Labute approximate surface area is 206 Å². The van der Waals surface area contributed by atoms with Crippen LogP contribution in [0.1, 0.15) is 5.56 Å². The normalized spacial score (nSPS) is 11.3. The smallest absolute Gasteiger partial charge is 0.187 e. The van der Waals surface area contributed by atoms with E-state index in [1.54, 1.807) is 0 Å². The van der Waals surface area contributed by atoms with E-state index in [1.807, 2.05) is 84.9 Å². The van der Waals surface area contributed by atoms with Crippen molar-refractivity contribution in [2.24, 2.45) is 0 Å². The predicted octanol–water partition coefficient (Wildman–Crippen LogP) is 9.24. The van der Waals surface area contributed by atoms with Crippen molar-refractivity contribution in [2.45, 2.75) is 0 Å². The van der Waals surface area contributed by atoms with Gasteiger partial charge >= 0.3 is 0 Å². The average Bonchev–Trinajstić information content (AvgIpc) is 3.50. The Morgan fingerprint density at radius 2 is 1.28 bits per heavy atom. The lowest BCUT2D eigenvalue weighted by atomic mass is 10.00. The second-order valence-corrected chi connectivity index (χ2v) is 8.80. The van der Waals surface area contributed by atoms with Crippen molar-refractivity contribution in [3.63, 3.8) is 0 Å². The van der Waals surface area contributed by atoms with E-state index < -0.39 is 0 Å². The zero-order valence-electron chi connectivity index (χ0n) is 18.9. The first-order valence-electron chi connectivity index (χ1n) is 11.5. The minimum Gasteiger partial charge on any atom is -0.456 e. The highest BCUT2D eigenvalue weighted by Gasteiger charge is 2.17. The maximum atomic E-state index is 9.29. The third-order valence-corrected chi connectivity index (χ3v) is 6.70. The quantitative estimate of drug-likeness (QED) is 0.242. The number of hydrogen-bond donors (Lipinski definition) is 0. The molecule has 0 N–H and O–H groups in total. The number of nitriles is 1. The zero-order chi connectivity index (χ0) is 24.2. The number of nitrogens with zero attached hydrogens (tertiary/aromatic N) is 2. The SMILES string of the molecule is [C-]#[N+]c1cccc(-c2ccc3oc4ccc5c6cc(-c7cccc(C#N)c7)ccc6oc5c4c3c2)c1. The molecule has 36 heavy (non-hydrogen) atoms. The van der Waals surface area contributed by atoms with E-state index in [-0.39, 0.29) is 0 Å². The van der Waals surface area contributed by atoms with Crippen LogP contribution in [0, 0.1) is 17.9 Å². The summed E-state index contributed by atoms with van der Waals surface area (Å²) in [6, 6.07) is 33.7. The van der Waals surface area contributed by atoms with E-state index in [0.29, 0.717) is 11.3 Å². The Hall–Kier alpha value is -5.32. The molecule has 0 spiro atoms. The fourth-order valence-corrected chi connectivity index (χ4v) is 4.98. The van der Waals surface area contributed by atoms with Crippen LogP contribution < -0.4 is 0 Å². The number of furan rings is 2. The predicted molar refractivity (Wildman–Crippen MR) is 143 cm³/mol. The molecule has 0 amide bonds. The van der Waals surface area contributed by atoms with Crippen molar-refractivity contribution in [3.8, 4) is 28.3 Å². The molecule has 4 nitrogen and oxygen atoms in total. The molecule has 2 heterocycles. The Balaban J connectivity index is 1.47. The van der Waals surface area contributed by atoms with Crippen molar-refractivity contribution in [1.29, 1.82) is 5.26 Å². The average molecular weight is 460 g/mol. The van der Waals surface area contributed by atoms with E-state index in [4.69, 9.17) is 15.4 Å². The summed E-state index contributed by atoms with van der Waals surface area (Å²) >= 11 is 0. The van der Waals surface area contributed by atoms with Crippen LogP contribution >= 0.6 is 0 Å². The number of fused-ring (bicyclic) bond motifs is 7. The third kappa shape index (κ3) is 2.99. The highest BCUT2D eigenvalue weighted by molar-refractivity contribution is 6.22. The topological polar surface area (TPSA) is 54.4 Å². The molecule has 0 aliphatic heterocycles. The first-order valence-corrected chi connectivity index (χ1v) is 11.5. The Morgan fingerprint density at radius 3 is 2.06 bits per heavy atom. The monoisotopic (exact) mass is 460 g/mol. The van der Waals surface area contributed by atoms with Gasteiger partial charge in [-0.15, -0.1) is 0 Å². The number of benzene rings is 5. The van der Waals surface area contributed by atoms with Gasteiger partial charge in [-0.3, -0.25) is 0 Å². The largest absolute Gasteiger partial charge is 0.456 e. The van der Waals surface area contributed by atoms with Crippen LogP contribution in [-0.2, 0) is 0 Å². The second-order valence-electron chi connectivity index (χ2n) is 8.80. The highest BCUT2D eigenvalue weighted by atomic mass is 16.3. The molecular weight excluding hydrogens is 444 g/mol. The summed E-state index contributed by atoms with van der Waals surface area (Å²) in [7, 11) is 0. The highest BCUT2D eigenvalue weighted by Crippen LogP contribution is 2.41. The first-order chi connectivity index (χ1) is 17.7. The van der Waals surface area contributed by atoms with Crippen LogP contribution in [0.2, 0.25) is 0 Å². The molecule has 7 rings (SSSR count).